The number of hydrogen-bond acceptors (Lipinski definition) is 3. The number of halogens is 2. The number of nitrogens with one attached hydrogen (secondary N) is 1. The maximum absolute atomic E-state index is 11.8. The van der Waals surface area contributed by atoms with Crippen LogP contribution in [0.2, 0.25) is 5.02 Å². The highest BCUT2D eigenvalue weighted by Crippen LogP contribution is 2.27. The molecule has 0 aliphatic heterocycles. The first-order valence-corrected chi connectivity index (χ1v) is 6.62. The van der Waals surface area contributed by atoms with Crippen molar-refractivity contribution in [3.8, 4) is 0 Å². The van der Waals surface area contributed by atoms with Gasteiger partial charge in [-0.1, -0.05) is 34.5 Å². The fraction of sp³-hybridized carbons (Fsp3) is 0.417. The van der Waals surface area contributed by atoms with Crippen LogP contribution in [0.5, 0.6) is 0 Å². The van der Waals surface area contributed by atoms with Crippen molar-refractivity contribution in [2.24, 2.45) is 0 Å². The van der Waals surface area contributed by atoms with Crippen molar-refractivity contribution in [3.05, 3.63) is 33.3 Å². The van der Waals surface area contributed by atoms with E-state index in [4.69, 9.17) is 16.3 Å². The average Bonchev–Trinajstić information content (AvgIpc) is 2.30. The zero-order valence-electron chi connectivity index (χ0n) is 9.80. The topological polar surface area (TPSA) is 38.3 Å². The molecule has 0 heterocycles. The number of carbonyl (C=O) groups excluding carboxylic acids is 1. The van der Waals surface area contributed by atoms with Gasteiger partial charge < -0.3 is 10.1 Å². The molecule has 0 aliphatic carbocycles. The molecule has 1 atom stereocenters. The van der Waals surface area contributed by atoms with E-state index >= 15 is 0 Å². The van der Waals surface area contributed by atoms with Crippen LogP contribution in [0.25, 0.3) is 0 Å². The Kier molecular flexibility index (Phi) is 5.95. The van der Waals surface area contributed by atoms with E-state index in [0.29, 0.717) is 18.2 Å². The quantitative estimate of drug-likeness (QED) is 0.846. The Morgan fingerprint density at radius 1 is 1.53 bits per heavy atom. The van der Waals surface area contributed by atoms with Crippen LogP contribution >= 0.6 is 27.5 Å². The Morgan fingerprint density at radius 2 is 2.24 bits per heavy atom. The molecule has 0 spiro atoms. The van der Waals surface area contributed by atoms with Crippen LogP contribution in [0.15, 0.2) is 22.7 Å². The van der Waals surface area contributed by atoms with Crippen LogP contribution < -0.4 is 5.32 Å². The van der Waals surface area contributed by atoms with Crippen LogP contribution in [0, 0.1) is 0 Å². The van der Waals surface area contributed by atoms with Crippen molar-refractivity contribution >= 4 is 33.5 Å². The van der Waals surface area contributed by atoms with Gasteiger partial charge in [0, 0.05) is 9.50 Å². The Hall–Kier alpha value is -0.580. The molecule has 1 N–H and O–H groups in total. The van der Waals surface area contributed by atoms with Gasteiger partial charge in [0.2, 0.25) is 0 Å². The van der Waals surface area contributed by atoms with Crippen LogP contribution in [0.4, 0.5) is 0 Å². The van der Waals surface area contributed by atoms with E-state index in [0.717, 1.165) is 10.0 Å². The number of rotatable bonds is 5. The van der Waals surface area contributed by atoms with Crippen LogP contribution in [0.3, 0.4) is 0 Å². The minimum atomic E-state index is -0.523. The van der Waals surface area contributed by atoms with Crippen molar-refractivity contribution in [1.82, 2.24) is 5.32 Å². The summed E-state index contributed by atoms with van der Waals surface area (Å²) in [5, 5.41) is 3.62. The fourth-order valence-electron chi connectivity index (χ4n) is 1.49. The number of likely N-dealkylation sites (N-methyl/N-ethyl adjacent to an activating group) is 1. The summed E-state index contributed by atoms with van der Waals surface area (Å²) in [4.78, 5) is 11.8. The highest BCUT2D eigenvalue weighted by atomic mass is 79.9. The molecule has 0 saturated carbocycles. The minimum absolute atomic E-state index is 0.311. The molecule has 0 fully saturated rings. The first kappa shape index (κ1) is 14.5. The Balaban J connectivity index is 3.04. The van der Waals surface area contributed by atoms with Crippen molar-refractivity contribution in [2.75, 3.05) is 13.2 Å². The zero-order valence-corrected chi connectivity index (χ0v) is 12.1. The van der Waals surface area contributed by atoms with Crippen molar-refractivity contribution in [1.29, 1.82) is 0 Å². The summed E-state index contributed by atoms with van der Waals surface area (Å²) in [7, 11) is 0. The van der Waals surface area contributed by atoms with Crippen LogP contribution in [-0.4, -0.2) is 19.1 Å². The summed E-state index contributed by atoms with van der Waals surface area (Å²) >= 11 is 9.47. The summed E-state index contributed by atoms with van der Waals surface area (Å²) in [6, 6.07) is 4.89. The van der Waals surface area contributed by atoms with Gasteiger partial charge in [0.05, 0.1) is 6.61 Å². The van der Waals surface area contributed by atoms with Gasteiger partial charge in [0.1, 0.15) is 6.04 Å². The predicted molar refractivity (Wildman–Crippen MR) is 72.2 cm³/mol. The van der Waals surface area contributed by atoms with Gasteiger partial charge in [-0.25, -0.2) is 4.79 Å². The van der Waals surface area contributed by atoms with Crippen LogP contribution in [0.1, 0.15) is 25.5 Å². The molecule has 0 bridgehead atoms. The second kappa shape index (κ2) is 6.99. The Labute approximate surface area is 115 Å². The summed E-state index contributed by atoms with van der Waals surface area (Å²) in [5.74, 6) is -0.311. The Bertz CT molecular complexity index is 398. The monoisotopic (exact) mass is 319 g/mol. The van der Waals surface area contributed by atoms with E-state index in [1.165, 1.54) is 0 Å². The van der Waals surface area contributed by atoms with E-state index in [9.17, 15) is 4.79 Å². The highest BCUT2D eigenvalue weighted by Gasteiger charge is 2.23. The number of benzene rings is 1. The van der Waals surface area contributed by atoms with Crippen LogP contribution in [-0.2, 0) is 9.53 Å². The molecule has 5 heteroatoms. The molecule has 94 valence electrons. The van der Waals surface area contributed by atoms with Gasteiger partial charge in [0.25, 0.3) is 0 Å². The SMILES string of the molecule is CCNC(C(=O)OCC)c1cc(Br)ccc1Cl. The van der Waals surface area contributed by atoms with E-state index in [1.807, 2.05) is 19.1 Å². The van der Waals surface area contributed by atoms with Crippen molar-refractivity contribution < 1.29 is 9.53 Å². The number of ether oxygens (including phenoxy) is 1. The molecule has 0 radical (unpaired) electrons. The molecule has 0 aliphatic rings. The largest absolute Gasteiger partial charge is 0.465 e. The third kappa shape index (κ3) is 3.98. The van der Waals surface area contributed by atoms with E-state index in [-0.39, 0.29) is 5.97 Å². The van der Waals surface area contributed by atoms with E-state index in [1.54, 1.807) is 13.0 Å². The van der Waals surface area contributed by atoms with E-state index < -0.39 is 6.04 Å². The summed E-state index contributed by atoms with van der Waals surface area (Å²) < 4.78 is 5.91. The maximum atomic E-state index is 11.8. The second-order valence-corrected chi connectivity index (χ2v) is 4.73. The second-order valence-electron chi connectivity index (χ2n) is 3.41. The molecular weight excluding hydrogens is 305 g/mol. The smallest absolute Gasteiger partial charge is 0.327 e. The van der Waals surface area contributed by atoms with Gasteiger partial charge in [-0.3, -0.25) is 0 Å². The average molecular weight is 321 g/mol. The zero-order chi connectivity index (χ0) is 12.8. The molecule has 0 amide bonds. The normalized spacial score (nSPS) is 12.2. The lowest BCUT2D eigenvalue weighted by Gasteiger charge is -2.18. The third-order valence-electron chi connectivity index (χ3n) is 2.20. The molecule has 1 aromatic carbocycles. The minimum Gasteiger partial charge on any atom is -0.465 e. The van der Waals surface area contributed by atoms with Crippen molar-refractivity contribution in [3.63, 3.8) is 0 Å². The van der Waals surface area contributed by atoms with Gasteiger partial charge in [-0.05, 0) is 37.2 Å². The fourth-order valence-corrected chi connectivity index (χ4v) is 2.09. The first-order chi connectivity index (χ1) is 8.10. The Morgan fingerprint density at radius 3 is 2.82 bits per heavy atom. The lowest BCUT2D eigenvalue weighted by molar-refractivity contribution is -0.145. The third-order valence-corrected chi connectivity index (χ3v) is 3.04. The predicted octanol–water partition coefficient (Wildman–Crippen LogP) is 3.32. The maximum Gasteiger partial charge on any atom is 0.327 e. The van der Waals surface area contributed by atoms with Gasteiger partial charge >= 0.3 is 5.97 Å². The number of carbonyl (C=O) groups is 1. The summed E-state index contributed by atoms with van der Waals surface area (Å²) in [5.41, 5.74) is 0.723. The molecule has 1 aromatic rings. The van der Waals surface area contributed by atoms with Crippen molar-refractivity contribution in [2.45, 2.75) is 19.9 Å². The number of esters is 1. The summed E-state index contributed by atoms with van der Waals surface area (Å²) in [6.45, 7) is 4.72. The van der Waals surface area contributed by atoms with Gasteiger partial charge in [-0.15, -0.1) is 0 Å². The lowest BCUT2D eigenvalue weighted by atomic mass is 10.1. The lowest BCUT2D eigenvalue weighted by Crippen LogP contribution is -2.30. The molecular formula is C12H15BrClNO2. The molecule has 1 unspecified atom stereocenters. The van der Waals surface area contributed by atoms with E-state index in [2.05, 4.69) is 21.2 Å². The molecule has 0 aromatic heterocycles. The standard InChI is InChI=1S/C12H15BrClNO2/c1-3-15-11(12(16)17-4-2)9-7-8(13)5-6-10(9)14/h5-7,11,15H,3-4H2,1-2H3. The van der Waals surface area contributed by atoms with Gasteiger partial charge in [-0.2, -0.15) is 0 Å². The number of hydrogen-bond donors (Lipinski definition) is 1. The van der Waals surface area contributed by atoms with Gasteiger partial charge in [0.15, 0.2) is 0 Å². The molecule has 17 heavy (non-hydrogen) atoms. The molecule has 0 saturated heterocycles. The highest BCUT2D eigenvalue weighted by molar-refractivity contribution is 9.10. The molecule has 1 rings (SSSR count). The molecule has 3 nitrogen and oxygen atoms in total. The first-order valence-electron chi connectivity index (χ1n) is 5.45. The summed E-state index contributed by atoms with van der Waals surface area (Å²) in [6.07, 6.45) is 0.